The third-order valence-electron chi connectivity index (χ3n) is 2.31. The highest BCUT2D eigenvalue weighted by molar-refractivity contribution is 5.37. The second-order valence-electron chi connectivity index (χ2n) is 3.49. The standard InChI is InChI=1S/C9H11N5/c10-5-7-1-2-9(14-13-7)12-8-3-6(11)4-8/h1-2,6,8H,3-4,11H2,(H,12,14). The molecule has 1 fully saturated rings. The summed E-state index contributed by atoms with van der Waals surface area (Å²) in [5.74, 6) is 0.709. The second-order valence-corrected chi connectivity index (χ2v) is 3.49. The van der Waals surface area contributed by atoms with Gasteiger partial charge in [0.2, 0.25) is 0 Å². The Labute approximate surface area is 81.9 Å². The van der Waals surface area contributed by atoms with Crippen molar-refractivity contribution >= 4 is 5.82 Å². The Morgan fingerprint density at radius 2 is 2.21 bits per heavy atom. The normalized spacial score (nSPS) is 24.9. The van der Waals surface area contributed by atoms with Gasteiger partial charge in [-0.05, 0) is 25.0 Å². The number of nitrogens with zero attached hydrogens (tertiary/aromatic N) is 3. The first-order valence-electron chi connectivity index (χ1n) is 4.54. The minimum atomic E-state index is 0.318. The highest BCUT2D eigenvalue weighted by Gasteiger charge is 2.25. The van der Waals surface area contributed by atoms with Crippen LogP contribution in [-0.4, -0.2) is 22.3 Å². The molecule has 5 nitrogen and oxygen atoms in total. The maximum absolute atomic E-state index is 8.51. The van der Waals surface area contributed by atoms with Crippen molar-refractivity contribution in [2.45, 2.75) is 24.9 Å². The van der Waals surface area contributed by atoms with Crippen LogP contribution in [0.4, 0.5) is 5.82 Å². The van der Waals surface area contributed by atoms with Crippen molar-refractivity contribution in [1.82, 2.24) is 10.2 Å². The van der Waals surface area contributed by atoms with Crippen molar-refractivity contribution in [3.63, 3.8) is 0 Å². The zero-order chi connectivity index (χ0) is 9.97. The van der Waals surface area contributed by atoms with Gasteiger partial charge in [-0.25, -0.2) is 0 Å². The summed E-state index contributed by atoms with van der Waals surface area (Å²) in [7, 11) is 0. The highest BCUT2D eigenvalue weighted by Crippen LogP contribution is 2.21. The van der Waals surface area contributed by atoms with Gasteiger partial charge in [0.25, 0.3) is 0 Å². The lowest BCUT2D eigenvalue weighted by Crippen LogP contribution is -2.44. The number of nitrogens with one attached hydrogen (secondary N) is 1. The third-order valence-corrected chi connectivity index (χ3v) is 2.31. The summed E-state index contributed by atoms with van der Waals surface area (Å²) in [4.78, 5) is 0. The average molecular weight is 189 g/mol. The molecule has 1 aliphatic rings. The van der Waals surface area contributed by atoms with Crippen molar-refractivity contribution in [2.75, 3.05) is 5.32 Å². The molecule has 0 aliphatic heterocycles. The smallest absolute Gasteiger partial charge is 0.163 e. The van der Waals surface area contributed by atoms with E-state index in [9.17, 15) is 0 Å². The number of rotatable bonds is 2. The predicted octanol–water partition coefficient (Wildman–Crippen LogP) is 0.250. The molecule has 0 amide bonds. The summed E-state index contributed by atoms with van der Waals surface area (Å²) in [6.07, 6.45) is 1.95. The molecule has 2 rings (SSSR count). The van der Waals surface area contributed by atoms with E-state index in [0.717, 1.165) is 12.8 Å². The lowest BCUT2D eigenvalue weighted by molar-refractivity contribution is 0.372. The monoisotopic (exact) mass is 189 g/mol. The Balaban J connectivity index is 1.94. The average Bonchev–Trinajstić information content (AvgIpc) is 2.17. The fourth-order valence-electron chi connectivity index (χ4n) is 1.46. The summed E-state index contributed by atoms with van der Waals surface area (Å²) in [6, 6.07) is 6.06. The number of nitriles is 1. The SMILES string of the molecule is N#Cc1ccc(NC2CC(N)C2)nn1. The van der Waals surface area contributed by atoms with Gasteiger partial charge in [-0.3, -0.25) is 0 Å². The topological polar surface area (TPSA) is 87.6 Å². The molecule has 0 bridgehead atoms. The highest BCUT2D eigenvalue weighted by atomic mass is 15.2. The van der Waals surface area contributed by atoms with Crippen LogP contribution in [0, 0.1) is 11.3 Å². The zero-order valence-electron chi connectivity index (χ0n) is 7.64. The van der Waals surface area contributed by atoms with E-state index in [1.807, 2.05) is 6.07 Å². The molecule has 1 heterocycles. The van der Waals surface area contributed by atoms with Gasteiger partial charge in [0.05, 0.1) is 0 Å². The minimum Gasteiger partial charge on any atom is -0.366 e. The van der Waals surface area contributed by atoms with Crippen molar-refractivity contribution in [1.29, 1.82) is 5.26 Å². The van der Waals surface area contributed by atoms with E-state index in [2.05, 4.69) is 15.5 Å². The second kappa shape index (κ2) is 3.60. The van der Waals surface area contributed by atoms with E-state index in [4.69, 9.17) is 11.0 Å². The number of nitrogens with two attached hydrogens (primary N) is 1. The van der Waals surface area contributed by atoms with Crippen LogP contribution in [0.15, 0.2) is 12.1 Å². The van der Waals surface area contributed by atoms with Crippen molar-refractivity contribution in [3.05, 3.63) is 17.8 Å². The molecule has 0 atom stereocenters. The fraction of sp³-hybridized carbons (Fsp3) is 0.444. The minimum absolute atomic E-state index is 0.318. The lowest BCUT2D eigenvalue weighted by Gasteiger charge is -2.33. The zero-order valence-corrected chi connectivity index (χ0v) is 7.64. The molecule has 5 heteroatoms. The van der Waals surface area contributed by atoms with E-state index in [1.54, 1.807) is 12.1 Å². The van der Waals surface area contributed by atoms with Gasteiger partial charge >= 0.3 is 0 Å². The Kier molecular flexibility index (Phi) is 2.29. The first-order valence-corrected chi connectivity index (χ1v) is 4.54. The lowest BCUT2D eigenvalue weighted by atomic mass is 9.88. The van der Waals surface area contributed by atoms with Crippen LogP contribution in [0.5, 0.6) is 0 Å². The Hall–Kier alpha value is -1.67. The van der Waals surface area contributed by atoms with Gasteiger partial charge in [0.15, 0.2) is 5.69 Å². The van der Waals surface area contributed by atoms with Crippen LogP contribution in [0.25, 0.3) is 0 Å². The van der Waals surface area contributed by atoms with E-state index < -0.39 is 0 Å². The largest absolute Gasteiger partial charge is 0.366 e. The van der Waals surface area contributed by atoms with Crippen LogP contribution < -0.4 is 11.1 Å². The predicted molar refractivity (Wildman–Crippen MR) is 51.4 cm³/mol. The molecule has 0 saturated heterocycles. The maximum atomic E-state index is 8.51. The number of anilines is 1. The van der Waals surface area contributed by atoms with Gasteiger partial charge in [-0.1, -0.05) is 0 Å². The molecule has 14 heavy (non-hydrogen) atoms. The summed E-state index contributed by atoms with van der Waals surface area (Å²) < 4.78 is 0. The molecule has 1 aromatic rings. The number of hydrogen-bond acceptors (Lipinski definition) is 5. The van der Waals surface area contributed by atoms with Crippen molar-refractivity contribution in [3.8, 4) is 6.07 Å². The van der Waals surface area contributed by atoms with Gasteiger partial charge in [0, 0.05) is 12.1 Å². The van der Waals surface area contributed by atoms with E-state index in [0.29, 0.717) is 23.6 Å². The number of hydrogen-bond donors (Lipinski definition) is 2. The van der Waals surface area contributed by atoms with Gasteiger partial charge in [-0.2, -0.15) is 5.26 Å². The molecule has 0 unspecified atom stereocenters. The molecule has 72 valence electrons. The first kappa shape index (κ1) is 8.91. The summed E-state index contributed by atoms with van der Waals surface area (Å²) >= 11 is 0. The maximum Gasteiger partial charge on any atom is 0.163 e. The number of aromatic nitrogens is 2. The van der Waals surface area contributed by atoms with E-state index in [1.165, 1.54) is 0 Å². The molecule has 0 aromatic carbocycles. The van der Waals surface area contributed by atoms with Gasteiger partial charge in [-0.15, -0.1) is 10.2 Å². The van der Waals surface area contributed by atoms with Gasteiger partial charge < -0.3 is 11.1 Å². The van der Waals surface area contributed by atoms with Gasteiger partial charge in [0.1, 0.15) is 11.9 Å². The van der Waals surface area contributed by atoms with Crippen LogP contribution in [0.3, 0.4) is 0 Å². The summed E-state index contributed by atoms with van der Waals surface area (Å²) in [5, 5.41) is 19.3. The molecule has 1 aliphatic carbocycles. The molecule has 3 N–H and O–H groups in total. The quantitative estimate of drug-likeness (QED) is 0.696. The van der Waals surface area contributed by atoms with E-state index in [-0.39, 0.29) is 0 Å². The van der Waals surface area contributed by atoms with E-state index >= 15 is 0 Å². The van der Waals surface area contributed by atoms with Crippen molar-refractivity contribution < 1.29 is 0 Å². The molecular formula is C9H11N5. The molecule has 0 radical (unpaired) electrons. The van der Waals surface area contributed by atoms with Crippen LogP contribution in [0.2, 0.25) is 0 Å². The molecule has 1 aromatic heterocycles. The molecule has 0 spiro atoms. The van der Waals surface area contributed by atoms with Crippen LogP contribution in [-0.2, 0) is 0 Å². The Morgan fingerprint density at radius 3 is 2.71 bits per heavy atom. The summed E-state index contributed by atoms with van der Waals surface area (Å²) in [6.45, 7) is 0. The molecule has 1 saturated carbocycles. The molecular weight excluding hydrogens is 178 g/mol. The summed E-state index contributed by atoms with van der Waals surface area (Å²) in [5.41, 5.74) is 5.98. The Morgan fingerprint density at radius 1 is 1.43 bits per heavy atom. The van der Waals surface area contributed by atoms with Crippen LogP contribution in [0.1, 0.15) is 18.5 Å². The van der Waals surface area contributed by atoms with Crippen molar-refractivity contribution in [2.24, 2.45) is 5.73 Å². The third kappa shape index (κ3) is 1.80. The van der Waals surface area contributed by atoms with Crippen LogP contribution >= 0.6 is 0 Å². The fourth-order valence-corrected chi connectivity index (χ4v) is 1.46. The Bertz CT molecular complexity index is 346. The first-order chi connectivity index (χ1) is 6.78.